The van der Waals surface area contributed by atoms with E-state index in [-0.39, 0.29) is 12.0 Å². The summed E-state index contributed by atoms with van der Waals surface area (Å²) in [5, 5.41) is 6.92. The van der Waals surface area contributed by atoms with E-state index in [1.165, 1.54) is 46.9 Å². The molecule has 0 spiro atoms. The largest absolute Gasteiger partial charge is 0.349 e. The maximum absolute atomic E-state index is 12.6. The van der Waals surface area contributed by atoms with Crippen LogP contribution in [0.2, 0.25) is 0 Å². The van der Waals surface area contributed by atoms with E-state index in [1.807, 2.05) is 0 Å². The Balaban J connectivity index is 1.61. The molecule has 116 valence electrons. The van der Waals surface area contributed by atoms with Crippen molar-refractivity contribution in [2.24, 2.45) is 5.92 Å². The van der Waals surface area contributed by atoms with Gasteiger partial charge in [0.05, 0.1) is 6.04 Å². The van der Waals surface area contributed by atoms with Crippen molar-refractivity contribution in [1.82, 2.24) is 5.32 Å². The van der Waals surface area contributed by atoms with Gasteiger partial charge in [-0.1, -0.05) is 25.3 Å². The van der Waals surface area contributed by atoms with Gasteiger partial charge in [0.1, 0.15) is 0 Å². The maximum atomic E-state index is 12.6. The number of thiophene rings is 1. The second-order valence-electron chi connectivity index (χ2n) is 6.76. The lowest BCUT2D eigenvalue weighted by Gasteiger charge is -2.30. The van der Waals surface area contributed by atoms with Gasteiger partial charge in [0.2, 0.25) is 5.91 Å². The smallest absolute Gasteiger partial charge is 0.223 e. The Hall–Kier alpha value is -1.35. The van der Waals surface area contributed by atoms with Crippen LogP contribution in [0, 0.1) is 5.92 Å². The summed E-state index contributed by atoms with van der Waals surface area (Å²) in [4.78, 5) is 12.6. The van der Waals surface area contributed by atoms with Crippen LogP contribution in [-0.2, 0) is 11.2 Å². The zero-order valence-corrected chi connectivity index (χ0v) is 13.8. The van der Waals surface area contributed by atoms with Gasteiger partial charge in [-0.05, 0) is 66.1 Å². The molecule has 1 fully saturated rings. The highest BCUT2D eigenvalue weighted by Crippen LogP contribution is 2.37. The molecule has 2 aliphatic rings. The zero-order chi connectivity index (χ0) is 14.9. The maximum Gasteiger partial charge on any atom is 0.223 e. The van der Waals surface area contributed by atoms with E-state index in [0.717, 1.165) is 25.7 Å². The molecular weight excluding hydrogens is 290 g/mol. The van der Waals surface area contributed by atoms with Crippen LogP contribution in [0.4, 0.5) is 0 Å². The number of benzene rings is 1. The molecule has 3 heteroatoms. The van der Waals surface area contributed by atoms with E-state index in [9.17, 15) is 4.79 Å². The number of hydrogen-bond acceptors (Lipinski definition) is 2. The van der Waals surface area contributed by atoms with Gasteiger partial charge in [-0.2, -0.15) is 0 Å². The molecule has 2 nitrogen and oxygen atoms in total. The van der Waals surface area contributed by atoms with Crippen LogP contribution in [0.5, 0.6) is 0 Å². The lowest BCUT2D eigenvalue weighted by atomic mass is 9.84. The molecule has 1 aromatic carbocycles. The Morgan fingerprint density at radius 2 is 1.91 bits per heavy atom. The van der Waals surface area contributed by atoms with Crippen molar-refractivity contribution in [1.29, 1.82) is 0 Å². The van der Waals surface area contributed by atoms with Crippen molar-refractivity contribution in [3.05, 3.63) is 34.7 Å². The van der Waals surface area contributed by atoms with Crippen molar-refractivity contribution < 1.29 is 4.79 Å². The van der Waals surface area contributed by atoms with Crippen molar-refractivity contribution in [3.63, 3.8) is 0 Å². The Labute approximate surface area is 135 Å². The summed E-state index contributed by atoms with van der Waals surface area (Å²) in [6.45, 7) is 0. The minimum atomic E-state index is 0.219. The fourth-order valence-corrected chi connectivity index (χ4v) is 4.98. The molecule has 22 heavy (non-hydrogen) atoms. The molecule has 0 bridgehead atoms. The Morgan fingerprint density at radius 1 is 1.05 bits per heavy atom. The predicted molar refractivity (Wildman–Crippen MR) is 92.2 cm³/mol. The second kappa shape index (κ2) is 6.04. The molecular formula is C19H23NOS. The minimum absolute atomic E-state index is 0.219. The third-order valence-electron chi connectivity index (χ3n) is 5.35. The van der Waals surface area contributed by atoms with E-state index in [2.05, 4.69) is 28.9 Å². The lowest BCUT2D eigenvalue weighted by Crippen LogP contribution is -2.36. The first-order chi connectivity index (χ1) is 10.8. The lowest BCUT2D eigenvalue weighted by molar-refractivity contribution is -0.126. The zero-order valence-electron chi connectivity index (χ0n) is 12.9. The van der Waals surface area contributed by atoms with E-state index in [4.69, 9.17) is 0 Å². The minimum Gasteiger partial charge on any atom is -0.349 e. The standard InChI is InChI=1S/C19H23NOS/c21-19(14-5-2-1-3-6-14)20-16-8-4-7-13-9-10-17-15(18(13)16)11-12-22-17/h9-12,14,16H,1-8H2,(H,20,21). The first-order valence-electron chi connectivity index (χ1n) is 8.62. The van der Waals surface area contributed by atoms with Crippen LogP contribution < -0.4 is 5.32 Å². The number of amides is 1. The SMILES string of the molecule is O=C(NC1CCCc2ccc3sccc3c21)C1CCCCC1. The fourth-order valence-electron chi connectivity index (χ4n) is 4.18. The fraction of sp³-hybridized carbons (Fsp3) is 0.526. The van der Waals surface area contributed by atoms with Gasteiger partial charge < -0.3 is 5.32 Å². The topological polar surface area (TPSA) is 29.1 Å². The molecule has 1 saturated carbocycles. The van der Waals surface area contributed by atoms with Crippen LogP contribution in [0.3, 0.4) is 0 Å². The average molecular weight is 313 g/mol. The summed E-state index contributed by atoms with van der Waals surface area (Å²) in [7, 11) is 0. The van der Waals surface area contributed by atoms with Crippen molar-refractivity contribution in [3.8, 4) is 0 Å². The molecule has 0 radical (unpaired) electrons. The third kappa shape index (κ3) is 2.56. The molecule has 1 aromatic heterocycles. The van der Waals surface area contributed by atoms with Gasteiger partial charge in [-0.3, -0.25) is 4.79 Å². The second-order valence-corrected chi connectivity index (χ2v) is 7.71. The summed E-state index contributed by atoms with van der Waals surface area (Å²) in [6, 6.07) is 6.96. The molecule has 2 aliphatic carbocycles. The summed E-state index contributed by atoms with van der Waals surface area (Å²) in [6.07, 6.45) is 9.30. The normalized spacial score (nSPS) is 22.5. The molecule has 1 amide bonds. The molecule has 4 rings (SSSR count). The molecule has 1 unspecified atom stereocenters. The van der Waals surface area contributed by atoms with Gasteiger partial charge in [0.25, 0.3) is 0 Å². The number of fused-ring (bicyclic) bond motifs is 3. The van der Waals surface area contributed by atoms with Crippen LogP contribution in [0.15, 0.2) is 23.6 Å². The number of rotatable bonds is 2. The van der Waals surface area contributed by atoms with Crippen LogP contribution in [0.25, 0.3) is 10.1 Å². The number of aryl methyl sites for hydroxylation is 1. The number of carbonyl (C=O) groups excluding carboxylic acids is 1. The highest BCUT2D eigenvalue weighted by atomic mass is 32.1. The van der Waals surface area contributed by atoms with Crippen LogP contribution in [0.1, 0.15) is 62.1 Å². The van der Waals surface area contributed by atoms with E-state index < -0.39 is 0 Å². The highest BCUT2D eigenvalue weighted by Gasteiger charge is 2.27. The van der Waals surface area contributed by atoms with Gasteiger partial charge in [0, 0.05) is 10.6 Å². The van der Waals surface area contributed by atoms with E-state index >= 15 is 0 Å². The van der Waals surface area contributed by atoms with Gasteiger partial charge in [-0.15, -0.1) is 11.3 Å². The summed E-state index contributed by atoms with van der Waals surface area (Å²) < 4.78 is 1.34. The Kier molecular flexibility index (Phi) is 3.91. The van der Waals surface area contributed by atoms with Crippen molar-refractivity contribution in [2.75, 3.05) is 0 Å². The molecule has 0 saturated heterocycles. The highest BCUT2D eigenvalue weighted by molar-refractivity contribution is 7.17. The van der Waals surface area contributed by atoms with Crippen LogP contribution >= 0.6 is 11.3 Å². The van der Waals surface area contributed by atoms with Gasteiger partial charge >= 0.3 is 0 Å². The van der Waals surface area contributed by atoms with Crippen LogP contribution in [-0.4, -0.2) is 5.91 Å². The summed E-state index contributed by atoms with van der Waals surface area (Å²) >= 11 is 1.80. The van der Waals surface area contributed by atoms with Crippen molar-refractivity contribution in [2.45, 2.75) is 57.4 Å². The van der Waals surface area contributed by atoms with Gasteiger partial charge in [0.15, 0.2) is 0 Å². The summed E-state index contributed by atoms with van der Waals surface area (Å²) in [5.41, 5.74) is 2.83. The van der Waals surface area contributed by atoms with E-state index in [1.54, 1.807) is 11.3 Å². The molecule has 0 aliphatic heterocycles. The number of hydrogen-bond donors (Lipinski definition) is 1. The van der Waals surface area contributed by atoms with Gasteiger partial charge in [-0.25, -0.2) is 0 Å². The first-order valence-corrected chi connectivity index (χ1v) is 9.50. The summed E-state index contributed by atoms with van der Waals surface area (Å²) in [5.74, 6) is 0.547. The van der Waals surface area contributed by atoms with Crippen molar-refractivity contribution >= 4 is 27.3 Å². The third-order valence-corrected chi connectivity index (χ3v) is 6.23. The molecule has 1 heterocycles. The Morgan fingerprint density at radius 3 is 2.77 bits per heavy atom. The average Bonchev–Trinajstić information content (AvgIpc) is 3.04. The number of carbonyl (C=O) groups is 1. The number of nitrogens with one attached hydrogen (secondary N) is 1. The first kappa shape index (κ1) is 14.3. The molecule has 1 atom stereocenters. The molecule has 1 N–H and O–H groups in total. The molecule has 2 aromatic rings. The monoisotopic (exact) mass is 313 g/mol. The quantitative estimate of drug-likeness (QED) is 0.833. The van der Waals surface area contributed by atoms with E-state index in [0.29, 0.717) is 5.91 Å². The predicted octanol–water partition coefficient (Wildman–Crippen LogP) is 4.98. The Bertz CT molecular complexity index is 684.